The second-order valence-corrected chi connectivity index (χ2v) is 9.51. The normalized spacial score (nSPS) is 17.5. The molecule has 1 aromatic carbocycles. The zero-order valence-electron chi connectivity index (χ0n) is 18.3. The van der Waals surface area contributed by atoms with Crippen molar-refractivity contribution in [3.63, 3.8) is 0 Å². The lowest BCUT2D eigenvalue weighted by Crippen LogP contribution is -2.22. The van der Waals surface area contributed by atoms with Crippen molar-refractivity contribution in [1.82, 2.24) is 4.98 Å². The van der Waals surface area contributed by atoms with Crippen LogP contribution in [0.15, 0.2) is 41.2 Å². The Morgan fingerprint density at radius 2 is 1.87 bits per heavy atom. The van der Waals surface area contributed by atoms with E-state index in [0.717, 1.165) is 29.5 Å². The van der Waals surface area contributed by atoms with Gasteiger partial charge < -0.3 is 5.11 Å². The van der Waals surface area contributed by atoms with E-state index in [-0.39, 0.29) is 17.5 Å². The Balaban J connectivity index is 1.77. The Labute approximate surface area is 186 Å². The number of rotatable bonds is 7. The number of carbonyl (C=O) groups is 1. The molecular formula is C25H28N2O3S. The molecule has 162 valence electrons. The maximum atomic E-state index is 13.1. The predicted octanol–water partition coefficient (Wildman–Crippen LogP) is 5.51. The molecule has 5 nitrogen and oxygen atoms in total. The van der Waals surface area contributed by atoms with E-state index in [1.807, 2.05) is 0 Å². The Hall–Kier alpha value is -2.78. The van der Waals surface area contributed by atoms with Crippen molar-refractivity contribution in [1.29, 1.82) is 0 Å². The fourth-order valence-electron chi connectivity index (χ4n) is 4.23. The van der Waals surface area contributed by atoms with Crippen molar-refractivity contribution in [3.8, 4) is 0 Å². The van der Waals surface area contributed by atoms with E-state index in [9.17, 15) is 14.1 Å². The van der Waals surface area contributed by atoms with Gasteiger partial charge >= 0.3 is 0 Å². The number of aliphatic hydroxyl groups excluding tert-OH is 1. The van der Waals surface area contributed by atoms with Gasteiger partial charge in [0.2, 0.25) is 5.69 Å². The summed E-state index contributed by atoms with van der Waals surface area (Å²) in [4.78, 5) is 20.5. The third-order valence-corrected chi connectivity index (χ3v) is 7.09. The minimum Gasteiger partial charge on any atom is -0.512 e. The van der Waals surface area contributed by atoms with E-state index in [4.69, 9.17) is 6.57 Å². The van der Waals surface area contributed by atoms with Crippen LogP contribution >= 0.6 is 0 Å². The molecule has 6 heteroatoms. The summed E-state index contributed by atoms with van der Waals surface area (Å²) in [6.07, 6.45) is 4.36. The van der Waals surface area contributed by atoms with Crippen LogP contribution in [0.25, 0.3) is 10.4 Å². The van der Waals surface area contributed by atoms with Crippen molar-refractivity contribution >= 4 is 27.8 Å². The summed E-state index contributed by atoms with van der Waals surface area (Å²) >= 11 is 0. The van der Waals surface area contributed by atoms with Crippen molar-refractivity contribution < 1.29 is 14.1 Å². The number of benzene rings is 1. The lowest BCUT2D eigenvalue weighted by Gasteiger charge is -2.26. The number of pyridine rings is 1. The molecule has 31 heavy (non-hydrogen) atoms. The highest BCUT2D eigenvalue weighted by molar-refractivity contribution is 7.84. The third-order valence-electron chi connectivity index (χ3n) is 5.78. The molecule has 0 spiro atoms. The molecule has 0 saturated heterocycles. The quantitative estimate of drug-likeness (QED) is 0.581. The van der Waals surface area contributed by atoms with Crippen LogP contribution in [0.2, 0.25) is 0 Å². The summed E-state index contributed by atoms with van der Waals surface area (Å²) in [5.74, 6) is 0.450. The number of nitrogens with zero attached hydrogens (tertiary/aromatic N) is 2. The average molecular weight is 437 g/mol. The number of carbonyl (C=O) groups excluding carboxylic acids is 1. The molecule has 3 rings (SSSR count). The number of allylic oxidation sites excluding steroid dienone is 2. The highest BCUT2D eigenvalue weighted by Crippen LogP contribution is 2.37. The van der Waals surface area contributed by atoms with E-state index >= 15 is 0 Å². The average Bonchev–Trinajstić information content (AvgIpc) is 2.77. The zero-order valence-corrected chi connectivity index (χ0v) is 19.1. The van der Waals surface area contributed by atoms with Gasteiger partial charge in [-0.2, -0.15) is 0 Å². The maximum absolute atomic E-state index is 13.1. The van der Waals surface area contributed by atoms with Crippen LogP contribution in [-0.2, 0) is 28.4 Å². The summed E-state index contributed by atoms with van der Waals surface area (Å²) in [6, 6.07) is 7.42. The Morgan fingerprint density at radius 3 is 2.39 bits per heavy atom. The van der Waals surface area contributed by atoms with Gasteiger partial charge in [0.1, 0.15) is 10.8 Å². The number of aryl methyl sites for hydroxylation is 3. The largest absolute Gasteiger partial charge is 0.512 e. The second kappa shape index (κ2) is 10.0. The molecule has 1 aliphatic rings. The monoisotopic (exact) mass is 436 g/mol. The first-order valence-electron chi connectivity index (χ1n) is 10.7. The molecule has 0 amide bonds. The molecule has 0 radical (unpaired) electrons. The van der Waals surface area contributed by atoms with Crippen molar-refractivity contribution in [2.24, 2.45) is 5.92 Å². The van der Waals surface area contributed by atoms with Crippen LogP contribution < -0.4 is 0 Å². The fraction of sp³-hybridized carbons (Fsp3) is 0.400. The number of hydrogen-bond donors (Lipinski definition) is 1. The molecule has 1 aliphatic carbocycles. The van der Waals surface area contributed by atoms with Crippen LogP contribution in [0.1, 0.15) is 55.4 Å². The topological polar surface area (TPSA) is 71.6 Å². The highest BCUT2D eigenvalue weighted by Gasteiger charge is 2.31. The lowest BCUT2D eigenvalue weighted by molar-refractivity contribution is -0.115. The van der Waals surface area contributed by atoms with Gasteiger partial charge in [-0.3, -0.25) is 14.0 Å². The minimum absolute atomic E-state index is 0.0349. The Kier molecular flexibility index (Phi) is 7.40. The first-order valence-corrected chi connectivity index (χ1v) is 12.0. The van der Waals surface area contributed by atoms with Gasteiger partial charge in [-0.05, 0) is 54.9 Å². The SMILES string of the molecule is [C-]#[N+]c1ccc(S(=O)CCC2CC(=O)C(c3c(CC)cc(C)cc3CC)=C(O)C2)nc1. The molecule has 0 fully saturated rings. The lowest BCUT2D eigenvalue weighted by atomic mass is 9.79. The summed E-state index contributed by atoms with van der Waals surface area (Å²) < 4.78 is 12.5. The molecule has 0 bridgehead atoms. The molecule has 2 aromatic rings. The van der Waals surface area contributed by atoms with E-state index < -0.39 is 10.8 Å². The van der Waals surface area contributed by atoms with Crippen molar-refractivity contribution in [3.05, 3.63) is 69.9 Å². The van der Waals surface area contributed by atoms with E-state index in [1.165, 1.54) is 11.8 Å². The van der Waals surface area contributed by atoms with E-state index in [1.54, 1.807) is 12.1 Å². The summed E-state index contributed by atoms with van der Waals surface area (Å²) in [6.45, 7) is 13.2. The smallest absolute Gasteiger partial charge is 0.205 e. The van der Waals surface area contributed by atoms with Gasteiger partial charge in [0.15, 0.2) is 5.78 Å². The zero-order chi connectivity index (χ0) is 22.5. The standard InChI is InChI=1S/C25H28N2O3S/c1-5-18-11-16(3)12-19(6-2)24(18)25-21(28)13-17(14-22(25)29)9-10-31(30)23-8-7-20(26-4)15-27-23/h7-8,11-12,15,17,28H,5-6,9-10,13-14H2,1-3H3. The summed E-state index contributed by atoms with van der Waals surface area (Å²) in [5, 5.41) is 11.3. The third kappa shape index (κ3) is 5.11. The number of ketones is 1. The van der Waals surface area contributed by atoms with Crippen LogP contribution in [0.5, 0.6) is 0 Å². The predicted molar refractivity (Wildman–Crippen MR) is 124 cm³/mol. The molecular weight excluding hydrogens is 408 g/mol. The molecule has 2 unspecified atom stereocenters. The van der Waals surface area contributed by atoms with Gasteiger partial charge in [-0.1, -0.05) is 37.6 Å². The van der Waals surface area contributed by atoms with Crippen molar-refractivity contribution in [2.45, 2.75) is 57.9 Å². The van der Waals surface area contributed by atoms with Crippen LogP contribution in [0, 0.1) is 19.4 Å². The van der Waals surface area contributed by atoms with Gasteiger partial charge in [0.25, 0.3) is 0 Å². The van der Waals surface area contributed by atoms with E-state index in [2.05, 4.69) is 42.7 Å². The Bertz CT molecular complexity index is 1060. The maximum Gasteiger partial charge on any atom is 0.205 e. The molecule has 1 heterocycles. The molecule has 1 N–H and O–H groups in total. The first kappa shape index (κ1) is 22.9. The molecule has 0 saturated carbocycles. The Morgan fingerprint density at radius 1 is 1.19 bits per heavy atom. The van der Waals surface area contributed by atoms with Crippen LogP contribution in [0.4, 0.5) is 5.69 Å². The highest BCUT2D eigenvalue weighted by atomic mass is 32.2. The number of aromatic nitrogens is 1. The van der Waals surface area contributed by atoms with E-state index in [0.29, 0.717) is 41.3 Å². The molecule has 0 aliphatic heterocycles. The molecule has 1 aromatic heterocycles. The van der Waals surface area contributed by atoms with Crippen LogP contribution in [-0.4, -0.2) is 25.8 Å². The number of hydrogen-bond acceptors (Lipinski definition) is 4. The number of aliphatic hydroxyl groups is 1. The van der Waals surface area contributed by atoms with Crippen molar-refractivity contribution in [2.75, 3.05) is 5.75 Å². The number of Topliss-reactive ketones (excluding diaryl/α,β-unsaturated/α-hetero) is 1. The van der Waals surface area contributed by atoms with Gasteiger partial charge in [-0.25, -0.2) is 4.85 Å². The molecule has 2 atom stereocenters. The van der Waals surface area contributed by atoms with Gasteiger partial charge in [0, 0.05) is 24.8 Å². The minimum atomic E-state index is -1.30. The van der Waals surface area contributed by atoms with Gasteiger partial charge in [0.05, 0.1) is 22.9 Å². The van der Waals surface area contributed by atoms with Crippen LogP contribution in [0.3, 0.4) is 0 Å². The second-order valence-electron chi connectivity index (χ2n) is 7.99. The summed E-state index contributed by atoms with van der Waals surface area (Å²) in [5.41, 5.74) is 5.15. The van der Waals surface area contributed by atoms with Gasteiger partial charge in [-0.15, -0.1) is 0 Å². The first-order chi connectivity index (χ1) is 14.9. The summed E-state index contributed by atoms with van der Waals surface area (Å²) in [7, 11) is -1.30. The fourth-order valence-corrected chi connectivity index (χ4v) is 5.38.